The van der Waals surface area contributed by atoms with Gasteiger partial charge in [0.25, 0.3) is 0 Å². The highest BCUT2D eigenvalue weighted by Gasteiger charge is 2.44. The molecule has 1 aliphatic carbocycles. The van der Waals surface area contributed by atoms with Crippen LogP contribution in [-0.4, -0.2) is 25.4 Å². The van der Waals surface area contributed by atoms with Gasteiger partial charge >= 0.3 is 0 Å². The summed E-state index contributed by atoms with van der Waals surface area (Å²) in [7, 11) is 1.76. The van der Waals surface area contributed by atoms with Crippen LogP contribution in [0, 0.1) is 0 Å². The monoisotopic (exact) mass is 206 g/mol. The van der Waals surface area contributed by atoms with E-state index >= 15 is 0 Å². The van der Waals surface area contributed by atoms with Crippen LogP contribution >= 0.6 is 0 Å². The molecule has 0 aliphatic heterocycles. The van der Waals surface area contributed by atoms with Crippen molar-refractivity contribution in [1.29, 1.82) is 0 Å². The number of hydrogen-bond donors (Lipinski definition) is 1. The first-order valence-electron chi connectivity index (χ1n) is 5.50. The van der Waals surface area contributed by atoms with Gasteiger partial charge < -0.3 is 9.84 Å². The molecule has 0 saturated heterocycles. The van der Waals surface area contributed by atoms with Crippen LogP contribution in [0.5, 0.6) is 0 Å². The zero-order chi connectivity index (χ0) is 10.7. The molecule has 15 heavy (non-hydrogen) atoms. The van der Waals surface area contributed by atoms with Gasteiger partial charge in [-0.1, -0.05) is 24.3 Å². The van der Waals surface area contributed by atoms with Crippen molar-refractivity contribution in [2.24, 2.45) is 0 Å². The summed E-state index contributed by atoms with van der Waals surface area (Å²) in [6, 6.07) is 8.58. The van der Waals surface area contributed by atoms with E-state index in [1.54, 1.807) is 7.11 Å². The van der Waals surface area contributed by atoms with Gasteiger partial charge in [0.2, 0.25) is 0 Å². The van der Waals surface area contributed by atoms with Gasteiger partial charge in [-0.2, -0.15) is 0 Å². The van der Waals surface area contributed by atoms with E-state index in [1.807, 2.05) is 0 Å². The summed E-state index contributed by atoms with van der Waals surface area (Å²) in [5, 5.41) is 8.83. The van der Waals surface area contributed by atoms with Crippen LogP contribution in [0.2, 0.25) is 0 Å². The van der Waals surface area contributed by atoms with E-state index in [9.17, 15) is 0 Å². The van der Waals surface area contributed by atoms with E-state index in [-0.39, 0.29) is 6.61 Å². The fourth-order valence-corrected chi connectivity index (χ4v) is 2.10. The summed E-state index contributed by atoms with van der Waals surface area (Å²) < 4.78 is 5.26. The first-order chi connectivity index (χ1) is 7.30. The van der Waals surface area contributed by atoms with Crippen molar-refractivity contribution in [3.05, 3.63) is 35.4 Å². The fourth-order valence-electron chi connectivity index (χ4n) is 2.10. The Hall–Kier alpha value is -0.860. The molecule has 0 heterocycles. The summed E-state index contributed by atoms with van der Waals surface area (Å²) >= 11 is 0. The van der Waals surface area contributed by atoms with Crippen LogP contribution in [0.4, 0.5) is 0 Å². The van der Waals surface area contributed by atoms with Crippen LogP contribution in [0.15, 0.2) is 24.3 Å². The third kappa shape index (κ3) is 2.21. The second-order valence-corrected chi connectivity index (χ2v) is 4.38. The number of methoxy groups -OCH3 is 1. The SMILES string of the molecule is COCC1(c2ccc(CCO)cc2)CC1. The van der Waals surface area contributed by atoms with Crippen LogP contribution in [0.1, 0.15) is 24.0 Å². The second-order valence-electron chi connectivity index (χ2n) is 4.38. The van der Waals surface area contributed by atoms with E-state index in [0.717, 1.165) is 13.0 Å². The Morgan fingerprint density at radius 1 is 1.27 bits per heavy atom. The van der Waals surface area contributed by atoms with Crippen molar-refractivity contribution in [3.63, 3.8) is 0 Å². The maximum absolute atomic E-state index is 8.83. The Labute approximate surface area is 90.9 Å². The highest BCUT2D eigenvalue weighted by molar-refractivity contribution is 5.34. The first-order valence-corrected chi connectivity index (χ1v) is 5.50. The summed E-state index contributed by atoms with van der Waals surface area (Å²) in [6.07, 6.45) is 3.22. The average molecular weight is 206 g/mol. The minimum absolute atomic E-state index is 0.225. The Kier molecular flexibility index (Phi) is 3.08. The highest BCUT2D eigenvalue weighted by atomic mass is 16.5. The number of ether oxygens (including phenoxy) is 1. The number of hydrogen-bond acceptors (Lipinski definition) is 2. The Bertz CT molecular complexity index is 312. The highest BCUT2D eigenvalue weighted by Crippen LogP contribution is 2.48. The van der Waals surface area contributed by atoms with Gasteiger partial charge in [-0.25, -0.2) is 0 Å². The molecule has 0 amide bonds. The molecular weight excluding hydrogens is 188 g/mol. The molecule has 1 saturated carbocycles. The van der Waals surface area contributed by atoms with Crippen LogP contribution in [0.3, 0.4) is 0 Å². The average Bonchev–Trinajstić information content (AvgIpc) is 3.01. The standard InChI is InChI=1S/C13H18O2/c1-15-10-13(7-8-13)12-4-2-11(3-5-12)6-9-14/h2-5,14H,6-10H2,1H3. The minimum atomic E-state index is 0.225. The predicted molar refractivity (Wildman–Crippen MR) is 60.0 cm³/mol. The first kappa shape index (κ1) is 10.7. The second kappa shape index (κ2) is 4.33. The molecule has 2 nitrogen and oxygen atoms in total. The maximum atomic E-state index is 8.83. The van der Waals surface area contributed by atoms with E-state index < -0.39 is 0 Å². The Morgan fingerprint density at radius 2 is 1.93 bits per heavy atom. The van der Waals surface area contributed by atoms with Crippen molar-refractivity contribution in [3.8, 4) is 0 Å². The Balaban J connectivity index is 2.10. The number of aliphatic hydroxyl groups excluding tert-OH is 1. The molecule has 2 heteroatoms. The van der Waals surface area contributed by atoms with E-state index in [1.165, 1.54) is 24.0 Å². The number of benzene rings is 1. The molecule has 1 N–H and O–H groups in total. The lowest BCUT2D eigenvalue weighted by atomic mass is 9.95. The minimum Gasteiger partial charge on any atom is -0.396 e. The van der Waals surface area contributed by atoms with Gasteiger partial charge in [-0.15, -0.1) is 0 Å². The topological polar surface area (TPSA) is 29.5 Å². The molecule has 0 aromatic heterocycles. The van der Waals surface area contributed by atoms with Crippen molar-refractivity contribution in [1.82, 2.24) is 0 Å². The van der Waals surface area contributed by atoms with Crippen molar-refractivity contribution in [2.45, 2.75) is 24.7 Å². The Morgan fingerprint density at radius 3 is 2.40 bits per heavy atom. The molecule has 0 atom stereocenters. The predicted octanol–water partition coefficient (Wildman–Crippen LogP) is 1.90. The van der Waals surface area contributed by atoms with Gasteiger partial charge in [0.1, 0.15) is 0 Å². The van der Waals surface area contributed by atoms with E-state index in [0.29, 0.717) is 5.41 Å². The lowest BCUT2D eigenvalue weighted by molar-refractivity contribution is 0.171. The zero-order valence-electron chi connectivity index (χ0n) is 9.20. The van der Waals surface area contributed by atoms with Gasteiger partial charge in [0.05, 0.1) is 6.61 Å². The van der Waals surface area contributed by atoms with E-state index in [4.69, 9.17) is 9.84 Å². The normalized spacial score (nSPS) is 17.7. The molecular formula is C13H18O2. The van der Waals surface area contributed by atoms with Crippen molar-refractivity contribution >= 4 is 0 Å². The van der Waals surface area contributed by atoms with Crippen LogP contribution < -0.4 is 0 Å². The van der Waals surface area contributed by atoms with Crippen LogP contribution in [0.25, 0.3) is 0 Å². The largest absolute Gasteiger partial charge is 0.396 e. The molecule has 1 aliphatic rings. The summed E-state index contributed by atoms with van der Waals surface area (Å²) in [6.45, 7) is 1.05. The van der Waals surface area contributed by atoms with Gasteiger partial charge in [0, 0.05) is 19.1 Å². The number of aliphatic hydroxyl groups is 1. The summed E-state index contributed by atoms with van der Waals surface area (Å²) in [4.78, 5) is 0. The van der Waals surface area contributed by atoms with Crippen molar-refractivity contribution < 1.29 is 9.84 Å². The zero-order valence-corrected chi connectivity index (χ0v) is 9.20. The molecule has 0 spiro atoms. The molecule has 82 valence electrons. The fraction of sp³-hybridized carbons (Fsp3) is 0.538. The third-order valence-electron chi connectivity index (χ3n) is 3.24. The molecule has 1 fully saturated rings. The van der Waals surface area contributed by atoms with Crippen molar-refractivity contribution in [2.75, 3.05) is 20.3 Å². The lowest BCUT2D eigenvalue weighted by Gasteiger charge is -2.14. The van der Waals surface area contributed by atoms with Crippen LogP contribution in [-0.2, 0) is 16.6 Å². The summed E-state index contributed by atoms with van der Waals surface area (Å²) in [5.41, 5.74) is 2.88. The quantitative estimate of drug-likeness (QED) is 0.797. The third-order valence-corrected chi connectivity index (χ3v) is 3.24. The molecule has 0 bridgehead atoms. The maximum Gasteiger partial charge on any atom is 0.0559 e. The molecule has 1 aromatic rings. The molecule has 0 radical (unpaired) electrons. The molecule has 0 unspecified atom stereocenters. The molecule has 2 rings (SSSR count). The van der Waals surface area contributed by atoms with E-state index in [2.05, 4.69) is 24.3 Å². The van der Waals surface area contributed by atoms with Gasteiger partial charge in [0.15, 0.2) is 0 Å². The smallest absolute Gasteiger partial charge is 0.0559 e. The van der Waals surface area contributed by atoms with Gasteiger partial charge in [-0.05, 0) is 30.4 Å². The lowest BCUT2D eigenvalue weighted by Crippen LogP contribution is -2.13. The summed E-state index contributed by atoms with van der Waals surface area (Å²) in [5.74, 6) is 0. The number of rotatable bonds is 5. The van der Waals surface area contributed by atoms with Gasteiger partial charge in [-0.3, -0.25) is 0 Å². The molecule has 1 aromatic carbocycles.